The summed E-state index contributed by atoms with van der Waals surface area (Å²) < 4.78 is 10.7. The molecule has 0 aliphatic carbocycles. The minimum Gasteiger partial charge on any atom is -0.388 e. The maximum atomic E-state index is 9.41. The molecule has 58 valence electrons. The van der Waals surface area contributed by atoms with Crippen LogP contribution in [0.4, 0.5) is 0 Å². The molecule has 0 saturated carbocycles. The van der Waals surface area contributed by atoms with Crippen molar-refractivity contribution in [3.8, 4) is 0 Å². The average molecular weight is 144 g/mol. The highest BCUT2D eigenvalue weighted by Crippen LogP contribution is 2.36. The first-order valence-electron chi connectivity index (χ1n) is 3.67. The Morgan fingerprint density at radius 1 is 1.60 bits per heavy atom. The monoisotopic (exact) mass is 144 g/mol. The standard InChI is InChI=1S/C7H12O3/c1-7-5(8)4-9-6(7)2-3-10-7/h5-6,8H,2-4H2,1H3. The van der Waals surface area contributed by atoms with Crippen LogP contribution in [0.15, 0.2) is 0 Å². The summed E-state index contributed by atoms with van der Waals surface area (Å²) in [5, 5.41) is 9.41. The largest absolute Gasteiger partial charge is 0.388 e. The van der Waals surface area contributed by atoms with Gasteiger partial charge in [-0.2, -0.15) is 0 Å². The molecule has 2 saturated heterocycles. The van der Waals surface area contributed by atoms with Gasteiger partial charge in [-0.25, -0.2) is 0 Å². The molecule has 2 aliphatic heterocycles. The first-order chi connectivity index (χ1) is 4.73. The van der Waals surface area contributed by atoms with Crippen LogP contribution in [0.5, 0.6) is 0 Å². The lowest BCUT2D eigenvalue weighted by molar-refractivity contribution is -0.0621. The van der Waals surface area contributed by atoms with E-state index in [0.29, 0.717) is 6.61 Å². The van der Waals surface area contributed by atoms with Crippen LogP contribution in [-0.2, 0) is 9.47 Å². The van der Waals surface area contributed by atoms with Gasteiger partial charge in [0, 0.05) is 0 Å². The molecule has 0 radical (unpaired) electrons. The SMILES string of the molecule is CC12OCCC1OCC2O. The van der Waals surface area contributed by atoms with Gasteiger partial charge in [-0.15, -0.1) is 0 Å². The number of fused-ring (bicyclic) bond motifs is 1. The van der Waals surface area contributed by atoms with Crippen LogP contribution < -0.4 is 0 Å². The Balaban J connectivity index is 2.21. The van der Waals surface area contributed by atoms with Gasteiger partial charge in [0.1, 0.15) is 11.7 Å². The molecule has 3 atom stereocenters. The molecule has 0 aromatic carbocycles. The maximum absolute atomic E-state index is 9.41. The molecule has 1 N–H and O–H groups in total. The van der Waals surface area contributed by atoms with Crippen molar-refractivity contribution in [3.05, 3.63) is 0 Å². The summed E-state index contributed by atoms with van der Waals surface area (Å²) in [6, 6.07) is 0. The number of rotatable bonds is 0. The summed E-state index contributed by atoms with van der Waals surface area (Å²) in [5.74, 6) is 0. The fraction of sp³-hybridized carbons (Fsp3) is 1.00. The van der Waals surface area contributed by atoms with Crippen LogP contribution in [0.3, 0.4) is 0 Å². The first-order valence-corrected chi connectivity index (χ1v) is 3.67. The molecule has 2 fully saturated rings. The molecule has 10 heavy (non-hydrogen) atoms. The molecule has 0 spiro atoms. The van der Waals surface area contributed by atoms with Gasteiger partial charge < -0.3 is 14.6 Å². The Morgan fingerprint density at radius 3 is 3.10 bits per heavy atom. The molecule has 2 aliphatic rings. The van der Waals surface area contributed by atoms with Crippen LogP contribution in [0.1, 0.15) is 13.3 Å². The molecule has 2 heterocycles. The van der Waals surface area contributed by atoms with Gasteiger partial charge in [-0.05, 0) is 13.3 Å². The van der Waals surface area contributed by atoms with Gasteiger partial charge in [0.15, 0.2) is 0 Å². The molecular formula is C7H12O3. The minimum atomic E-state index is -0.431. The molecule has 3 nitrogen and oxygen atoms in total. The van der Waals surface area contributed by atoms with Gasteiger partial charge in [0.05, 0.1) is 19.3 Å². The van der Waals surface area contributed by atoms with Gasteiger partial charge in [-0.3, -0.25) is 0 Å². The first kappa shape index (κ1) is 6.58. The Kier molecular flexibility index (Phi) is 1.27. The van der Waals surface area contributed by atoms with E-state index in [0.717, 1.165) is 13.0 Å². The zero-order valence-corrected chi connectivity index (χ0v) is 6.04. The number of ether oxygens (including phenoxy) is 2. The van der Waals surface area contributed by atoms with E-state index >= 15 is 0 Å². The van der Waals surface area contributed by atoms with Crippen molar-refractivity contribution >= 4 is 0 Å². The lowest BCUT2D eigenvalue weighted by Gasteiger charge is -2.24. The number of aliphatic hydroxyl groups excluding tert-OH is 1. The van der Waals surface area contributed by atoms with E-state index in [9.17, 15) is 5.11 Å². The Labute approximate surface area is 59.9 Å². The van der Waals surface area contributed by atoms with E-state index in [4.69, 9.17) is 9.47 Å². The number of hydrogen-bond acceptors (Lipinski definition) is 3. The summed E-state index contributed by atoms with van der Waals surface area (Å²) in [6.45, 7) is 3.07. The third-order valence-corrected chi connectivity index (χ3v) is 2.55. The lowest BCUT2D eigenvalue weighted by Crippen LogP contribution is -2.41. The van der Waals surface area contributed by atoms with E-state index in [1.165, 1.54) is 0 Å². The summed E-state index contributed by atoms with van der Waals surface area (Å²) in [5.41, 5.74) is -0.403. The predicted molar refractivity (Wildman–Crippen MR) is 34.7 cm³/mol. The topological polar surface area (TPSA) is 38.7 Å². The Morgan fingerprint density at radius 2 is 2.40 bits per heavy atom. The van der Waals surface area contributed by atoms with Crippen molar-refractivity contribution in [2.75, 3.05) is 13.2 Å². The van der Waals surface area contributed by atoms with Crippen molar-refractivity contribution < 1.29 is 14.6 Å². The van der Waals surface area contributed by atoms with Crippen LogP contribution in [0, 0.1) is 0 Å². The fourth-order valence-corrected chi connectivity index (χ4v) is 1.70. The van der Waals surface area contributed by atoms with E-state index in [-0.39, 0.29) is 6.10 Å². The average Bonchev–Trinajstić information content (AvgIpc) is 2.36. The Hall–Kier alpha value is -0.120. The zero-order chi connectivity index (χ0) is 7.19. The van der Waals surface area contributed by atoms with Crippen molar-refractivity contribution in [2.24, 2.45) is 0 Å². The van der Waals surface area contributed by atoms with Crippen LogP contribution >= 0.6 is 0 Å². The second kappa shape index (κ2) is 1.94. The highest BCUT2D eigenvalue weighted by Gasteiger charge is 2.51. The molecule has 2 rings (SSSR count). The smallest absolute Gasteiger partial charge is 0.119 e. The fourth-order valence-electron chi connectivity index (χ4n) is 1.70. The summed E-state index contributed by atoms with van der Waals surface area (Å²) in [7, 11) is 0. The van der Waals surface area contributed by atoms with E-state index in [2.05, 4.69) is 0 Å². The highest BCUT2D eigenvalue weighted by molar-refractivity contribution is 5.00. The molecule has 3 unspecified atom stereocenters. The third kappa shape index (κ3) is 0.654. The quantitative estimate of drug-likeness (QED) is 0.517. The zero-order valence-electron chi connectivity index (χ0n) is 6.04. The second-order valence-corrected chi connectivity index (χ2v) is 3.16. The molecule has 0 bridgehead atoms. The lowest BCUT2D eigenvalue weighted by atomic mass is 9.96. The van der Waals surface area contributed by atoms with Crippen molar-refractivity contribution in [1.82, 2.24) is 0 Å². The summed E-state index contributed by atoms with van der Waals surface area (Å²) in [4.78, 5) is 0. The molecule has 0 amide bonds. The molecule has 0 aromatic heterocycles. The van der Waals surface area contributed by atoms with Crippen molar-refractivity contribution in [3.63, 3.8) is 0 Å². The summed E-state index contributed by atoms with van der Waals surface area (Å²) >= 11 is 0. The van der Waals surface area contributed by atoms with E-state index in [1.54, 1.807) is 0 Å². The maximum Gasteiger partial charge on any atom is 0.119 e. The second-order valence-electron chi connectivity index (χ2n) is 3.16. The van der Waals surface area contributed by atoms with Crippen LogP contribution in [0.25, 0.3) is 0 Å². The number of aliphatic hydroxyl groups is 1. The highest BCUT2D eigenvalue weighted by atomic mass is 16.6. The third-order valence-electron chi connectivity index (χ3n) is 2.55. The van der Waals surface area contributed by atoms with Gasteiger partial charge in [-0.1, -0.05) is 0 Å². The van der Waals surface area contributed by atoms with Crippen LogP contribution in [-0.4, -0.2) is 36.1 Å². The molecular weight excluding hydrogens is 132 g/mol. The van der Waals surface area contributed by atoms with Gasteiger partial charge >= 0.3 is 0 Å². The van der Waals surface area contributed by atoms with Crippen molar-refractivity contribution in [2.45, 2.75) is 31.2 Å². The minimum absolute atomic E-state index is 0.127. The van der Waals surface area contributed by atoms with E-state index < -0.39 is 11.7 Å². The normalized spacial score (nSPS) is 53.4. The van der Waals surface area contributed by atoms with Gasteiger partial charge in [0.25, 0.3) is 0 Å². The van der Waals surface area contributed by atoms with Crippen LogP contribution in [0.2, 0.25) is 0 Å². The summed E-state index contributed by atoms with van der Waals surface area (Å²) in [6.07, 6.45) is 0.621. The van der Waals surface area contributed by atoms with Gasteiger partial charge in [0.2, 0.25) is 0 Å². The predicted octanol–water partition coefficient (Wildman–Crippen LogP) is -0.0749. The molecule has 0 aromatic rings. The molecule has 3 heteroatoms. The van der Waals surface area contributed by atoms with Crippen molar-refractivity contribution in [1.29, 1.82) is 0 Å². The van der Waals surface area contributed by atoms with E-state index in [1.807, 2.05) is 6.92 Å². The number of hydrogen-bond donors (Lipinski definition) is 1. The Bertz CT molecular complexity index is 148.